The minimum Gasteiger partial charge on any atom is -0.374 e. The molecule has 0 fully saturated rings. The van der Waals surface area contributed by atoms with Gasteiger partial charge in [-0.25, -0.2) is 0 Å². The Morgan fingerprint density at radius 1 is 1.08 bits per heavy atom. The highest BCUT2D eigenvalue weighted by Gasteiger charge is 2.11. The Morgan fingerprint density at radius 3 is 2.38 bits per heavy atom. The first kappa shape index (κ1) is 19.2. The van der Waals surface area contributed by atoms with Crippen molar-refractivity contribution in [1.82, 2.24) is 0 Å². The maximum absolute atomic E-state index is 12.1. The molecular weight excluding hydrogens is 360 g/mol. The van der Waals surface area contributed by atoms with Crippen molar-refractivity contribution in [2.24, 2.45) is 0 Å². The molecule has 0 aliphatic carbocycles. The molecule has 2 aromatic carbocycles. The number of hydrogen-bond donors (Lipinski definition) is 3. The van der Waals surface area contributed by atoms with Gasteiger partial charge in [0, 0.05) is 29.8 Å². The van der Waals surface area contributed by atoms with Crippen molar-refractivity contribution in [3.63, 3.8) is 0 Å². The Hall–Kier alpha value is -3.13. The van der Waals surface area contributed by atoms with Crippen molar-refractivity contribution < 1.29 is 14.5 Å². The first-order valence-electron chi connectivity index (χ1n) is 7.62. The van der Waals surface area contributed by atoms with E-state index in [2.05, 4.69) is 16.0 Å². The average molecular weight is 377 g/mol. The predicted octanol–water partition coefficient (Wildman–Crippen LogP) is 3.57. The summed E-state index contributed by atoms with van der Waals surface area (Å²) in [7, 11) is 0. The molecule has 0 saturated carbocycles. The number of nitro groups is 1. The number of nitro benzene ring substituents is 1. The highest BCUT2D eigenvalue weighted by molar-refractivity contribution is 6.31. The van der Waals surface area contributed by atoms with Gasteiger partial charge in [0.1, 0.15) is 0 Å². The molecule has 0 unspecified atom stereocenters. The van der Waals surface area contributed by atoms with Gasteiger partial charge in [-0.15, -0.1) is 0 Å². The van der Waals surface area contributed by atoms with Crippen LogP contribution in [0.4, 0.5) is 22.7 Å². The number of rotatable bonds is 6. The Labute approximate surface area is 154 Å². The van der Waals surface area contributed by atoms with Crippen LogP contribution in [0.2, 0.25) is 5.02 Å². The highest BCUT2D eigenvalue weighted by atomic mass is 35.5. The van der Waals surface area contributed by atoms with Crippen LogP contribution >= 0.6 is 11.6 Å². The molecule has 8 nitrogen and oxygen atoms in total. The van der Waals surface area contributed by atoms with E-state index in [1.165, 1.54) is 25.1 Å². The minimum atomic E-state index is -0.497. The van der Waals surface area contributed by atoms with Crippen LogP contribution in [0.5, 0.6) is 0 Å². The zero-order valence-corrected chi connectivity index (χ0v) is 14.9. The van der Waals surface area contributed by atoms with Crippen LogP contribution in [0, 0.1) is 17.0 Å². The first-order valence-corrected chi connectivity index (χ1v) is 8.00. The summed E-state index contributed by atoms with van der Waals surface area (Å²) >= 11 is 5.95. The maximum Gasteiger partial charge on any atom is 0.269 e. The maximum atomic E-state index is 12.1. The molecule has 0 saturated heterocycles. The topological polar surface area (TPSA) is 113 Å². The highest BCUT2D eigenvalue weighted by Crippen LogP contribution is 2.26. The number of amides is 2. The van der Waals surface area contributed by atoms with Gasteiger partial charge in [0.05, 0.1) is 22.8 Å². The number of anilines is 3. The lowest BCUT2D eigenvalue weighted by Crippen LogP contribution is -2.23. The van der Waals surface area contributed by atoms with E-state index in [0.717, 1.165) is 0 Å². The van der Waals surface area contributed by atoms with E-state index in [-0.39, 0.29) is 24.0 Å². The van der Waals surface area contributed by atoms with Gasteiger partial charge in [0.2, 0.25) is 11.8 Å². The average Bonchev–Trinajstić information content (AvgIpc) is 2.56. The van der Waals surface area contributed by atoms with Crippen molar-refractivity contribution in [3.8, 4) is 0 Å². The van der Waals surface area contributed by atoms with Gasteiger partial charge in [-0.05, 0) is 36.8 Å². The number of hydrogen-bond acceptors (Lipinski definition) is 5. The van der Waals surface area contributed by atoms with Crippen molar-refractivity contribution in [3.05, 3.63) is 57.1 Å². The van der Waals surface area contributed by atoms with Crippen LogP contribution in [0.1, 0.15) is 12.5 Å². The lowest BCUT2D eigenvalue weighted by molar-refractivity contribution is -0.384. The van der Waals surface area contributed by atoms with E-state index in [0.29, 0.717) is 27.6 Å². The molecule has 0 bridgehead atoms. The Morgan fingerprint density at radius 2 is 1.77 bits per heavy atom. The van der Waals surface area contributed by atoms with Crippen LogP contribution in [-0.4, -0.2) is 23.3 Å². The fraction of sp³-hybridized carbons (Fsp3) is 0.176. The van der Waals surface area contributed by atoms with E-state index < -0.39 is 4.92 Å². The van der Waals surface area contributed by atoms with Gasteiger partial charge in [0.25, 0.3) is 5.69 Å². The second kappa shape index (κ2) is 8.30. The van der Waals surface area contributed by atoms with Gasteiger partial charge >= 0.3 is 0 Å². The second-order valence-corrected chi connectivity index (χ2v) is 5.97. The molecule has 0 aromatic heterocycles. The van der Waals surface area contributed by atoms with Crippen molar-refractivity contribution >= 4 is 46.2 Å². The lowest BCUT2D eigenvalue weighted by atomic mass is 10.2. The molecule has 2 rings (SSSR count). The number of non-ortho nitro benzene ring substituents is 1. The first-order chi connectivity index (χ1) is 12.3. The summed E-state index contributed by atoms with van der Waals surface area (Å²) in [4.78, 5) is 33.6. The summed E-state index contributed by atoms with van der Waals surface area (Å²) in [6, 6.07) is 9.03. The van der Waals surface area contributed by atoms with E-state index in [4.69, 9.17) is 11.6 Å². The summed E-state index contributed by atoms with van der Waals surface area (Å²) in [5.74, 6) is -0.600. The van der Waals surface area contributed by atoms with Crippen LogP contribution < -0.4 is 16.0 Å². The van der Waals surface area contributed by atoms with Crippen molar-refractivity contribution in [2.45, 2.75) is 13.8 Å². The summed E-state index contributed by atoms with van der Waals surface area (Å²) in [6.07, 6.45) is 0. The van der Waals surface area contributed by atoms with Gasteiger partial charge in [-0.1, -0.05) is 11.6 Å². The molecule has 2 amide bonds. The zero-order valence-electron chi connectivity index (χ0n) is 14.1. The molecule has 0 spiro atoms. The largest absolute Gasteiger partial charge is 0.374 e. The second-order valence-electron chi connectivity index (χ2n) is 5.53. The van der Waals surface area contributed by atoms with Gasteiger partial charge in [-0.2, -0.15) is 0 Å². The molecule has 0 radical (unpaired) electrons. The third-order valence-electron chi connectivity index (χ3n) is 3.43. The fourth-order valence-electron chi connectivity index (χ4n) is 2.23. The molecule has 0 atom stereocenters. The van der Waals surface area contributed by atoms with Gasteiger partial charge in [-0.3, -0.25) is 19.7 Å². The number of nitrogens with one attached hydrogen (secondary N) is 3. The molecular formula is C17H17ClN4O4. The van der Waals surface area contributed by atoms with Gasteiger partial charge < -0.3 is 16.0 Å². The quantitative estimate of drug-likeness (QED) is 0.527. The summed E-state index contributed by atoms with van der Waals surface area (Å²) in [5, 5.41) is 19.4. The van der Waals surface area contributed by atoms with Crippen LogP contribution in [0.3, 0.4) is 0 Å². The molecule has 0 aliphatic heterocycles. The van der Waals surface area contributed by atoms with E-state index in [1.807, 2.05) is 0 Å². The SMILES string of the molecule is CC(=O)Nc1ccc(Cl)cc1NCC(=O)Nc1ccc([N+](=O)[O-])cc1C. The van der Waals surface area contributed by atoms with E-state index >= 15 is 0 Å². The smallest absolute Gasteiger partial charge is 0.269 e. The Balaban J connectivity index is 2.04. The molecule has 136 valence electrons. The van der Waals surface area contributed by atoms with Crippen molar-refractivity contribution in [1.29, 1.82) is 0 Å². The number of aryl methyl sites for hydroxylation is 1. The summed E-state index contributed by atoms with van der Waals surface area (Å²) < 4.78 is 0. The van der Waals surface area contributed by atoms with Crippen LogP contribution in [-0.2, 0) is 9.59 Å². The summed E-state index contributed by atoms with van der Waals surface area (Å²) in [5.41, 5.74) is 2.02. The van der Waals surface area contributed by atoms with E-state index in [9.17, 15) is 19.7 Å². The molecule has 2 aromatic rings. The minimum absolute atomic E-state index is 0.0440. The molecule has 26 heavy (non-hydrogen) atoms. The molecule has 9 heteroatoms. The third kappa shape index (κ3) is 5.18. The third-order valence-corrected chi connectivity index (χ3v) is 3.66. The Kier molecular flexibility index (Phi) is 6.13. The number of carbonyl (C=O) groups excluding carboxylic acids is 2. The summed E-state index contributed by atoms with van der Waals surface area (Å²) in [6.45, 7) is 2.97. The number of carbonyl (C=O) groups is 2. The normalized spacial score (nSPS) is 10.1. The number of halogens is 1. The zero-order chi connectivity index (χ0) is 19.3. The molecule has 0 aliphatic rings. The van der Waals surface area contributed by atoms with E-state index in [1.54, 1.807) is 25.1 Å². The van der Waals surface area contributed by atoms with Crippen LogP contribution in [0.15, 0.2) is 36.4 Å². The monoisotopic (exact) mass is 376 g/mol. The van der Waals surface area contributed by atoms with Crippen LogP contribution in [0.25, 0.3) is 0 Å². The lowest BCUT2D eigenvalue weighted by Gasteiger charge is -2.13. The molecule has 0 heterocycles. The van der Waals surface area contributed by atoms with Gasteiger partial charge in [0.15, 0.2) is 0 Å². The number of nitrogens with zero attached hydrogens (tertiary/aromatic N) is 1. The number of benzene rings is 2. The van der Waals surface area contributed by atoms with Crippen molar-refractivity contribution in [2.75, 3.05) is 22.5 Å². The predicted molar refractivity (Wildman–Crippen MR) is 101 cm³/mol. The fourth-order valence-corrected chi connectivity index (χ4v) is 2.41. The molecule has 3 N–H and O–H groups in total. The Bertz CT molecular complexity index is 870. The standard InChI is InChI=1S/C17H17ClN4O4/c1-10-7-13(22(25)26)4-6-14(10)21-17(24)9-19-16-8-12(18)3-5-15(16)20-11(2)23/h3-8,19H,9H2,1-2H3,(H,20,23)(H,21,24).